The molecule has 4 nitrogen and oxygen atoms in total. The van der Waals surface area contributed by atoms with E-state index in [1.54, 1.807) is 6.92 Å². The summed E-state index contributed by atoms with van der Waals surface area (Å²) in [6.45, 7) is 1.62. The second-order valence-corrected chi connectivity index (χ2v) is 4.25. The third-order valence-corrected chi connectivity index (χ3v) is 3.04. The average Bonchev–Trinajstić information content (AvgIpc) is 2.24. The molecule has 1 atom stereocenters. The number of thioether (sulfide) groups is 1. The molecule has 0 aromatic carbocycles. The first-order valence-electron chi connectivity index (χ1n) is 4.64. The second-order valence-electron chi connectivity index (χ2n) is 3.08. The Morgan fingerprint density at radius 2 is 2.24 bits per heavy atom. The van der Waals surface area contributed by atoms with Crippen molar-refractivity contribution in [2.75, 3.05) is 0 Å². The molecule has 94 valence electrons. The third kappa shape index (κ3) is 3.88. The highest BCUT2D eigenvalue weighted by atomic mass is 32.2. The van der Waals surface area contributed by atoms with Crippen LogP contribution in [0.5, 0.6) is 0 Å². The van der Waals surface area contributed by atoms with Crippen molar-refractivity contribution in [3.05, 3.63) is 18.0 Å². The molecule has 1 heterocycles. The summed E-state index contributed by atoms with van der Waals surface area (Å²) in [5.41, 5.74) is -1.07. The molecule has 0 amide bonds. The van der Waals surface area contributed by atoms with Crippen LogP contribution in [0.2, 0.25) is 0 Å². The quantitative estimate of drug-likeness (QED) is 0.670. The van der Waals surface area contributed by atoms with Crippen molar-refractivity contribution in [1.82, 2.24) is 9.97 Å². The predicted molar refractivity (Wildman–Crippen MR) is 54.6 cm³/mol. The summed E-state index contributed by atoms with van der Waals surface area (Å²) >= 11 is 0.705. The van der Waals surface area contributed by atoms with Gasteiger partial charge in [-0.2, -0.15) is 13.2 Å². The number of aliphatic carboxylic acids is 1. The number of nitrogens with zero attached hydrogens (tertiary/aromatic N) is 2. The normalized spacial score (nSPS) is 13.4. The van der Waals surface area contributed by atoms with Crippen LogP contribution < -0.4 is 0 Å². The fourth-order valence-electron chi connectivity index (χ4n) is 0.991. The molecule has 0 radical (unpaired) electrons. The van der Waals surface area contributed by atoms with Gasteiger partial charge in [0.25, 0.3) is 0 Å². The lowest BCUT2D eigenvalue weighted by Gasteiger charge is -2.09. The summed E-state index contributed by atoms with van der Waals surface area (Å²) in [6.07, 6.45) is -3.31. The summed E-state index contributed by atoms with van der Waals surface area (Å²) in [5.74, 6) is -1.10. The van der Waals surface area contributed by atoms with E-state index in [-0.39, 0.29) is 11.6 Å². The highest BCUT2D eigenvalue weighted by molar-refractivity contribution is 8.00. The molecular formula is C9H9F3N2O2S. The summed E-state index contributed by atoms with van der Waals surface area (Å²) in [7, 11) is 0. The lowest BCUT2D eigenvalue weighted by atomic mass is 10.3. The van der Waals surface area contributed by atoms with Gasteiger partial charge in [-0.3, -0.25) is 4.79 Å². The second kappa shape index (κ2) is 5.35. The van der Waals surface area contributed by atoms with Crippen LogP contribution in [0.3, 0.4) is 0 Å². The van der Waals surface area contributed by atoms with Crippen LogP contribution in [-0.2, 0) is 11.0 Å². The number of carboxylic acid groups (broad SMARTS) is 1. The van der Waals surface area contributed by atoms with Gasteiger partial charge in [-0.15, -0.1) is 0 Å². The predicted octanol–water partition coefficient (Wildman–Crippen LogP) is 2.45. The van der Waals surface area contributed by atoms with E-state index < -0.39 is 23.1 Å². The average molecular weight is 266 g/mol. The molecule has 1 aromatic rings. The fourth-order valence-corrected chi connectivity index (χ4v) is 1.79. The first-order chi connectivity index (χ1) is 7.84. The molecule has 0 saturated heterocycles. The van der Waals surface area contributed by atoms with Crippen LogP contribution in [0.4, 0.5) is 13.2 Å². The number of rotatable bonds is 4. The zero-order chi connectivity index (χ0) is 13.1. The minimum absolute atomic E-state index is 0.186. The number of aromatic nitrogens is 2. The van der Waals surface area contributed by atoms with E-state index in [2.05, 4.69) is 9.97 Å². The number of halogens is 3. The van der Waals surface area contributed by atoms with E-state index in [0.717, 1.165) is 12.3 Å². The maximum absolute atomic E-state index is 12.3. The van der Waals surface area contributed by atoms with Crippen molar-refractivity contribution in [2.24, 2.45) is 0 Å². The van der Waals surface area contributed by atoms with Crippen LogP contribution in [0, 0.1) is 0 Å². The SMILES string of the molecule is CCC(Sc1nccc(C(F)(F)F)n1)C(=O)O. The number of carboxylic acids is 1. The van der Waals surface area contributed by atoms with Gasteiger partial charge in [-0.1, -0.05) is 18.7 Å². The molecule has 8 heteroatoms. The molecule has 0 spiro atoms. The van der Waals surface area contributed by atoms with Gasteiger partial charge in [0.1, 0.15) is 10.9 Å². The molecular weight excluding hydrogens is 257 g/mol. The Hall–Kier alpha value is -1.31. The zero-order valence-electron chi connectivity index (χ0n) is 8.73. The van der Waals surface area contributed by atoms with Gasteiger partial charge in [0.05, 0.1) is 0 Å². The fraction of sp³-hybridized carbons (Fsp3) is 0.444. The van der Waals surface area contributed by atoms with Crippen molar-refractivity contribution in [3.8, 4) is 0 Å². The summed E-state index contributed by atoms with van der Waals surface area (Å²) in [4.78, 5) is 17.6. The number of alkyl halides is 3. The maximum Gasteiger partial charge on any atom is 0.433 e. The van der Waals surface area contributed by atoms with Crippen LogP contribution in [-0.4, -0.2) is 26.3 Å². The van der Waals surface area contributed by atoms with Gasteiger partial charge in [0.2, 0.25) is 0 Å². The van der Waals surface area contributed by atoms with Gasteiger partial charge in [-0.05, 0) is 12.5 Å². The van der Waals surface area contributed by atoms with E-state index in [1.807, 2.05) is 0 Å². The van der Waals surface area contributed by atoms with Crippen LogP contribution in [0.15, 0.2) is 17.4 Å². The molecule has 0 aliphatic carbocycles. The van der Waals surface area contributed by atoms with Crippen LogP contribution >= 0.6 is 11.8 Å². The van der Waals surface area contributed by atoms with Gasteiger partial charge in [-0.25, -0.2) is 9.97 Å². The topological polar surface area (TPSA) is 63.1 Å². The minimum atomic E-state index is -4.55. The summed E-state index contributed by atoms with van der Waals surface area (Å²) < 4.78 is 37.0. The summed E-state index contributed by atoms with van der Waals surface area (Å²) in [6, 6.07) is 0.742. The van der Waals surface area contributed by atoms with E-state index in [4.69, 9.17) is 5.11 Å². The first kappa shape index (κ1) is 13.8. The number of hydrogen-bond acceptors (Lipinski definition) is 4. The molecule has 0 saturated carbocycles. The lowest BCUT2D eigenvalue weighted by molar-refractivity contribution is -0.141. The highest BCUT2D eigenvalue weighted by Crippen LogP contribution is 2.29. The Morgan fingerprint density at radius 3 is 2.71 bits per heavy atom. The van der Waals surface area contributed by atoms with Gasteiger partial charge >= 0.3 is 12.1 Å². The number of hydrogen-bond donors (Lipinski definition) is 1. The first-order valence-corrected chi connectivity index (χ1v) is 5.52. The van der Waals surface area contributed by atoms with Gasteiger partial charge in [0.15, 0.2) is 5.16 Å². The van der Waals surface area contributed by atoms with Crippen LogP contribution in [0.1, 0.15) is 19.0 Å². The largest absolute Gasteiger partial charge is 0.480 e. The van der Waals surface area contributed by atoms with Gasteiger partial charge < -0.3 is 5.11 Å². The zero-order valence-corrected chi connectivity index (χ0v) is 9.55. The molecule has 1 N–H and O–H groups in total. The van der Waals surface area contributed by atoms with Gasteiger partial charge in [0, 0.05) is 6.20 Å². The van der Waals surface area contributed by atoms with Crippen molar-refractivity contribution < 1.29 is 23.1 Å². The number of carbonyl (C=O) groups is 1. The molecule has 17 heavy (non-hydrogen) atoms. The molecule has 0 aliphatic rings. The van der Waals surface area contributed by atoms with Crippen molar-refractivity contribution in [3.63, 3.8) is 0 Å². The lowest BCUT2D eigenvalue weighted by Crippen LogP contribution is -2.16. The molecule has 0 bridgehead atoms. The molecule has 0 fully saturated rings. The third-order valence-electron chi connectivity index (χ3n) is 1.82. The molecule has 0 aliphatic heterocycles. The Labute approximate surface area is 99.3 Å². The maximum atomic E-state index is 12.3. The smallest absolute Gasteiger partial charge is 0.433 e. The summed E-state index contributed by atoms with van der Waals surface area (Å²) in [5, 5.41) is 7.73. The Balaban J connectivity index is 2.89. The van der Waals surface area contributed by atoms with E-state index in [0.29, 0.717) is 11.8 Å². The van der Waals surface area contributed by atoms with E-state index in [1.165, 1.54) is 0 Å². The van der Waals surface area contributed by atoms with Crippen molar-refractivity contribution in [1.29, 1.82) is 0 Å². The molecule has 1 rings (SSSR count). The Kier molecular flexibility index (Phi) is 4.33. The highest BCUT2D eigenvalue weighted by Gasteiger charge is 2.33. The van der Waals surface area contributed by atoms with E-state index >= 15 is 0 Å². The van der Waals surface area contributed by atoms with E-state index in [9.17, 15) is 18.0 Å². The Morgan fingerprint density at radius 1 is 1.59 bits per heavy atom. The standard InChI is InChI=1S/C9H9F3N2O2S/c1-2-5(7(15)16)17-8-13-4-3-6(14-8)9(10,11)12/h3-5H,2H2,1H3,(H,15,16). The minimum Gasteiger partial charge on any atom is -0.480 e. The Bertz CT molecular complexity index is 411. The van der Waals surface area contributed by atoms with Crippen LogP contribution in [0.25, 0.3) is 0 Å². The monoisotopic (exact) mass is 266 g/mol. The van der Waals surface area contributed by atoms with Crippen molar-refractivity contribution >= 4 is 17.7 Å². The molecule has 1 aromatic heterocycles. The van der Waals surface area contributed by atoms with Crippen molar-refractivity contribution in [2.45, 2.75) is 29.9 Å². The molecule has 1 unspecified atom stereocenters.